The topological polar surface area (TPSA) is 178 Å². The molecule has 3 N–H and O–H groups in total. The number of carbonyl (C=O) groups excluding carboxylic acids is 4. The molecule has 65 heavy (non-hydrogen) atoms. The number of aliphatic hydroxyl groups is 3. The average molecular weight is 914 g/mol. The Morgan fingerprint density at radius 3 is 2.28 bits per heavy atom. The number of methoxy groups -OCH3 is 2. The van der Waals surface area contributed by atoms with Crippen LogP contribution in [0.5, 0.6) is 0 Å². The Labute approximate surface area is 389 Å². The minimum atomic E-state index is -2.38. The van der Waals surface area contributed by atoms with Crippen molar-refractivity contribution in [3.8, 4) is 0 Å². The fraction of sp³-hybridized carbons (Fsp3) is 0.769. The molecule has 3 heterocycles. The number of aliphatic hydroxyl groups excluding tert-OH is 2. The first-order chi connectivity index (χ1) is 30.8. The summed E-state index contributed by atoms with van der Waals surface area (Å²) in [5, 5.41) is 34.0. The Morgan fingerprint density at radius 1 is 0.846 bits per heavy atom. The molecule has 0 spiro atoms. The zero-order valence-corrected chi connectivity index (χ0v) is 41.1. The summed E-state index contributed by atoms with van der Waals surface area (Å²) in [6.45, 7) is 15.9. The normalized spacial score (nSPS) is 40.4. The molecule has 0 aromatic rings. The molecule has 1 aliphatic carbocycles. The molecular weight excluding hydrogens is 831 g/mol. The van der Waals surface area contributed by atoms with Crippen molar-refractivity contribution < 1.29 is 58.2 Å². The fourth-order valence-electron chi connectivity index (χ4n) is 10.4. The number of cyclic esters (lactones) is 1. The van der Waals surface area contributed by atoms with Crippen LogP contribution in [0.3, 0.4) is 0 Å². The van der Waals surface area contributed by atoms with Crippen LogP contribution < -0.4 is 0 Å². The Hall–Kier alpha value is -3.04. The molecule has 0 radical (unpaired) electrons. The zero-order chi connectivity index (χ0) is 48.0. The van der Waals surface area contributed by atoms with E-state index >= 15 is 0 Å². The number of nitrogens with zero attached hydrogens (tertiary/aromatic N) is 1. The van der Waals surface area contributed by atoms with Gasteiger partial charge in [-0.25, -0.2) is 4.79 Å². The Morgan fingerprint density at radius 2 is 1.58 bits per heavy atom. The first-order valence-electron chi connectivity index (χ1n) is 24.6. The summed E-state index contributed by atoms with van der Waals surface area (Å²) in [7, 11) is 3.05. The molecule has 0 aromatic heterocycles. The average Bonchev–Trinajstić information content (AvgIpc) is 3.28. The number of hydrogen-bond donors (Lipinski definition) is 3. The van der Waals surface area contributed by atoms with Crippen molar-refractivity contribution in [1.29, 1.82) is 0 Å². The molecular formula is C52H83NO12. The standard InChI is InChI=1S/C52H83NO12/c1-11-63-44-31-40-23-21-38(8)52(60,65-40)49(57)50(58)53-26-16-15-19-41(53)51(59)64-43(35(5)29-39-22-24-42(54)45(30-39)61-9)25-20-33(3)28-37(7)47(56)48(62-10)46(55)36(6)27-32(2)17-13-12-14-18-34(44)4/h12-14,17-18,28,32-33,35-36,38-45,47-48,54,56,60H,11,15-16,19-27,29-31H2,1-10H3/b14-12+,17-13+,34-18+,37-28+/t32-,33+,35-,36-,38-,39+,40+,41+,42-,43+,44-,45-,47-,48+,52-/m1/s1. The summed E-state index contributed by atoms with van der Waals surface area (Å²) in [6.07, 6.45) is 14.6. The third kappa shape index (κ3) is 15.0. The summed E-state index contributed by atoms with van der Waals surface area (Å²) in [5.41, 5.74) is 1.53. The lowest BCUT2D eigenvalue weighted by atomic mass is 9.78. The van der Waals surface area contributed by atoms with Crippen LogP contribution in [0.4, 0.5) is 0 Å². The maximum atomic E-state index is 14.4. The van der Waals surface area contributed by atoms with Gasteiger partial charge in [0.05, 0.1) is 24.4 Å². The number of ketones is 2. The second-order valence-electron chi connectivity index (χ2n) is 19.9. The summed E-state index contributed by atoms with van der Waals surface area (Å²) in [4.78, 5) is 57.9. The van der Waals surface area contributed by atoms with E-state index < -0.39 is 65.9 Å². The third-order valence-electron chi connectivity index (χ3n) is 14.6. The molecule has 2 bridgehead atoms. The van der Waals surface area contributed by atoms with Gasteiger partial charge in [0.25, 0.3) is 11.7 Å². The molecule has 0 unspecified atom stereocenters. The van der Waals surface area contributed by atoms with Crippen LogP contribution in [-0.2, 0) is 42.9 Å². The van der Waals surface area contributed by atoms with Crippen molar-refractivity contribution in [2.24, 2.45) is 35.5 Å². The molecule has 4 rings (SSSR count). The van der Waals surface area contributed by atoms with Gasteiger partial charge in [-0.1, -0.05) is 71.1 Å². The van der Waals surface area contributed by atoms with Gasteiger partial charge in [-0.15, -0.1) is 0 Å². The van der Waals surface area contributed by atoms with Crippen molar-refractivity contribution >= 4 is 23.4 Å². The molecule has 368 valence electrons. The molecule has 1 amide bonds. The van der Waals surface area contributed by atoms with E-state index in [1.54, 1.807) is 21.0 Å². The van der Waals surface area contributed by atoms with E-state index in [0.29, 0.717) is 82.8 Å². The van der Waals surface area contributed by atoms with Crippen LogP contribution >= 0.6 is 0 Å². The highest BCUT2D eigenvalue weighted by molar-refractivity contribution is 6.39. The number of carbonyl (C=O) groups is 4. The molecule has 3 fully saturated rings. The van der Waals surface area contributed by atoms with Crippen LogP contribution in [0.1, 0.15) is 139 Å². The Balaban J connectivity index is 1.68. The fourth-order valence-corrected chi connectivity index (χ4v) is 10.4. The second-order valence-corrected chi connectivity index (χ2v) is 19.9. The number of Topliss-reactive ketones (excluding diaryl/α,β-unsaturated/α-hetero) is 2. The number of ether oxygens (including phenoxy) is 5. The number of amides is 1. The monoisotopic (exact) mass is 914 g/mol. The smallest absolute Gasteiger partial charge is 0.329 e. The number of allylic oxidation sites excluding steroid dienone is 6. The minimum Gasteiger partial charge on any atom is -0.461 e. The first-order valence-corrected chi connectivity index (χ1v) is 24.6. The second kappa shape index (κ2) is 25.9. The molecule has 2 saturated heterocycles. The Kier molecular flexibility index (Phi) is 21.8. The molecule has 13 nitrogen and oxygen atoms in total. The summed E-state index contributed by atoms with van der Waals surface area (Å²) in [5.74, 6) is -6.08. The van der Waals surface area contributed by atoms with Crippen LogP contribution in [0.25, 0.3) is 0 Å². The molecule has 15 atom stereocenters. The van der Waals surface area contributed by atoms with E-state index in [9.17, 15) is 34.5 Å². The molecule has 13 heteroatoms. The van der Waals surface area contributed by atoms with Crippen LogP contribution in [0, 0.1) is 35.5 Å². The van der Waals surface area contributed by atoms with Gasteiger partial charge in [0.2, 0.25) is 5.79 Å². The maximum absolute atomic E-state index is 14.4. The number of rotatable bonds is 7. The highest BCUT2D eigenvalue weighted by Gasteiger charge is 2.53. The highest BCUT2D eigenvalue weighted by Crippen LogP contribution is 2.38. The van der Waals surface area contributed by atoms with E-state index in [-0.39, 0.29) is 54.1 Å². The van der Waals surface area contributed by atoms with E-state index in [2.05, 4.69) is 6.92 Å². The predicted molar refractivity (Wildman–Crippen MR) is 249 cm³/mol. The van der Waals surface area contributed by atoms with Crippen molar-refractivity contribution in [3.63, 3.8) is 0 Å². The quantitative estimate of drug-likeness (QED) is 0.131. The van der Waals surface area contributed by atoms with E-state index in [0.717, 1.165) is 18.4 Å². The van der Waals surface area contributed by atoms with Crippen molar-refractivity contribution in [3.05, 3.63) is 47.6 Å². The maximum Gasteiger partial charge on any atom is 0.329 e. The van der Waals surface area contributed by atoms with Crippen molar-refractivity contribution in [1.82, 2.24) is 4.90 Å². The lowest BCUT2D eigenvalue weighted by Gasteiger charge is -2.43. The van der Waals surface area contributed by atoms with E-state index in [1.165, 1.54) is 12.0 Å². The van der Waals surface area contributed by atoms with Crippen molar-refractivity contribution in [2.45, 2.75) is 193 Å². The largest absolute Gasteiger partial charge is 0.461 e. The first kappa shape index (κ1) is 54.6. The number of hydrogen-bond acceptors (Lipinski definition) is 12. The van der Waals surface area contributed by atoms with Crippen LogP contribution in [0.2, 0.25) is 0 Å². The van der Waals surface area contributed by atoms with Crippen LogP contribution in [-0.4, -0.2) is 126 Å². The van der Waals surface area contributed by atoms with Crippen LogP contribution in [0.15, 0.2) is 47.6 Å². The van der Waals surface area contributed by atoms with Gasteiger partial charge in [-0.3, -0.25) is 14.4 Å². The molecule has 0 aromatic carbocycles. The van der Waals surface area contributed by atoms with E-state index in [4.69, 9.17) is 23.7 Å². The zero-order valence-electron chi connectivity index (χ0n) is 41.1. The van der Waals surface area contributed by atoms with Gasteiger partial charge < -0.3 is 43.9 Å². The van der Waals surface area contributed by atoms with Gasteiger partial charge >= 0.3 is 5.97 Å². The summed E-state index contributed by atoms with van der Waals surface area (Å²) in [6, 6.07) is -1.02. The summed E-state index contributed by atoms with van der Waals surface area (Å²) >= 11 is 0. The van der Waals surface area contributed by atoms with Gasteiger partial charge in [0, 0.05) is 45.6 Å². The van der Waals surface area contributed by atoms with Gasteiger partial charge in [-0.2, -0.15) is 0 Å². The van der Waals surface area contributed by atoms with E-state index in [1.807, 2.05) is 71.1 Å². The van der Waals surface area contributed by atoms with Gasteiger partial charge in [0.15, 0.2) is 5.78 Å². The molecule has 4 aliphatic rings. The SMILES string of the molecule is CCO[C@@H]1C[C@@H]2CC[C@@H](C)[C@@](O)(O2)C(=O)C(=O)N2CCCC[C@H]2C(=O)O[C@H]([C@H](C)C[C@@H]2CC[C@@H](O)[C@H](OC)C2)CC[C@H](C)/C=C(\C)[C@@H](O)[C@@H](OC)C(=O)[C@H](C)C[C@H](C)/C=C/C=C/C=C/1C. The Bertz CT molecular complexity index is 1690. The predicted octanol–water partition coefficient (Wildman–Crippen LogP) is 7.39. The molecule has 1 saturated carbocycles. The number of esters is 1. The summed E-state index contributed by atoms with van der Waals surface area (Å²) < 4.78 is 30.0. The van der Waals surface area contributed by atoms with Gasteiger partial charge in [-0.05, 0) is 133 Å². The lowest BCUT2D eigenvalue weighted by molar-refractivity contribution is -0.266. The minimum absolute atomic E-state index is 0.0673. The van der Waals surface area contributed by atoms with Gasteiger partial charge in [0.1, 0.15) is 24.4 Å². The third-order valence-corrected chi connectivity index (χ3v) is 14.6. The lowest BCUT2D eigenvalue weighted by Crippen LogP contribution is -2.61. The number of fused-ring (bicyclic) bond motifs is 3. The highest BCUT2D eigenvalue weighted by atomic mass is 16.6. The van der Waals surface area contributed by atoms with Crippen molar-refractivity contribution in [2.75, 3.05) is 27.4 Å². The molecule has 3 aliphatic heterocycles. The number of piperidine rings is 1.